The molecule has 8 nitrogen and oxygen atoms in total. The van der Waals surface area contributed by atoms with Crippen molar-refractivity contribution in [3.05, 3.63) is 110 Å². The van der Waals surface area contributed by atoms with Gasteiger partial charge in [0.05, 0.1) is 22.4 Å². The van der Waals surface area contributed by atoms with Crippen LogP contribution in [0, 0.1) is 10.1 Å². The van der Waals surface area contributed by atoms with Crippen molar-refractivity contribution >= 4 is 34.1 Å². The zero-order valence-electron chi connectivity index (χ0n) is 21.6. The maximum atomic E-state index is 13.0. The Morgan fingerprint density at radius 2 is 1.84 bits per heavy atom. The van der Waals surface area contributed by atoms with Crippen molar-refractivity contribution in [3.63, 3.8) is 0 Å². The lowest BCUT2D eigenvalue weighted by molar-refractivity contribution is -0.385. The van der Waals surface area contributed by atoms with Gasteiger partial charge in [-0.3, -0.25) is 10.1 Å². The van der Waals surface area contributed by atoms with Gasteiger partial charge in [-0.2, -0.15) is 0 Å². The van der Waals surface area contributed by atoms with Gasteiger partial charge in [0, 0.05) is 54.6 Å². The van der Waals surface area contributed by atoms with Gasteiger partial charge < -0.3 is 19.0 Å². The van der Waals surface area contributed by atoms with Crippen molar-refractivity contribution in [2.45, 2.75) is 31.5 Å². The predicted molar refractivity (Wildman–Crippen MR) is 148 cm³/mol. The van der Waals surface area contributed by atoms with Crippen LogP contribution in [0.25, 0.3) is 17.0 Å². The SMILES string of the molecule is CN(C)c1ccc2cc(/C=C/C34Oc5ccc([N+](=O)[O-])cc5CN3c3ccccc3C4(C)C)c(=O)oc2c1. The molecule has 0 saturated heterocycles. The van der Waals surface area contributed by atoms with Crippen LogP contribution in [0.2, 0.25) is 0 Å². The van der Waals surface area contributed by atoms with E-state index in [0.29, 0.717) is 23.4 Å². The van der Waals surface area contributed by atoms with Gasteiger partial charge in [0.25, 0.3) is 5.69 Å². The van der Waals surface area contributed by atoms with Gasteiger partial charge in [0.15, 0.2) is 0 Å². The Morgan fingerprint density at radius 3 is 2.61 bits per heavy atom. The topological polar surface area (TPSA) is 89.1 Å². The number of anilines is 2. The summed E-state index contributed by atoms with van der Waals surface area (Å²) < 4.78 is 12.4. The number of benzene rings is 3. The molecular weight excluding hydrogens is 482 g/mol. The smallest absolute Gasteiger partial charge is 0.343 e. The first-order valence-electron chi connectivity index (χ1n) is 12.4. The molecule has 0 amide bonds. The summed E-state index contributed by atoms with van der Waals surface area (Å²) in [6, 6.07) is 20.3. The molecule has 0 N–H and O–H groups in total. The van der Waals surface area contributed by atoms with Crippen molar-refractivity contribution < 1.29 is 14.1 Å². The van der Waals surface area contributed by atoms with Gasteiger partial charge in [-0.1, -0.05) is 18.2 Å². The monoisotopic (exact) mass is 509 g/mol. The molecule has 0 aliphatic carbocycles. The zero-order chi connectivity index (χ0) is 26.8. The number of nitrogens with zero attached hydrogens (tertiary/aromatic N) is 3. The van der Waals surface area contributed by atoms with E-state index in [1.54, 1.807) is 18.2 Å². The molecule has 0 fully saturated rings. The van der Waals surface area contributed by atoms with Crippen molar-refractivity contribution in [2.24, 2.45) is 0 Å². The minimum absolute atomic E-state index is 0.0216. The fourth-order valence-corrected chi connectivity index (χ4v) is 5.62. The van der Waals surface area contributed by atoms with E-state index in [1.165, 1.54) is 6.07 Å². The number of non-ortho nitro benzene ring substituents is 1. The van der Waals surface area contributed by atoms with Crippen LogP contribution in [0.4, 0.5) is 17.1 Å². The highest BCUT2D eigenvalue weighted by Gasteiger charge is 2.59. The molecule has 4 aromatic rings. The number of hydrogen-bond donors (Lipinski definition) is 0. The van der Waals surface area contributed by atoms with E-state index < -0.39 is 21.7 Å². The van der Waals surface area contributed by atoms with E-state index in [0.717, 1.165) is 27.9 Å². The number of nitro groups is 1. The van der Waals surface area contributed by atoms with Crippen molar-refractivity contribution in [1.82, 2.24) is 0 Å². The molecule has 6 rings (SSSR count). The van der Waals surface area contributed by atoms with Crippen LogP contribution < -0.4 is 20.2 Å². The number of rotatable bonds is 4. The minimum atomic E-state index is -0.976. The van der Waals surface area contributed by atoms with Gasteiger partial charge in [-0.15, -0.1) is 0 Å². The highest BCUT2D eigenvalue weighted by Crippen LogP contribution is 2.56. The zero-order valence-corrected chi connectivity index (χ0v) is 21.6. The van der Waals surface area contributed by atoms with E-state index in [4.69, 9.17) is 9.15 Å². The van der Waals surface area contributed by atoms with Crippen LogP contribution in [0.5, 0.6) is 5.75 Å². The van der Waals surface area contributed by atoms with E-state index in [9.17, 15) is 14.9 Å². The normalized spacial score (nSPS) is 19.1. The van der Waals surface area contributed by atoms with Crippen LogP contribution in [0.15, 0.2) is 82.0 Å². The summed E-state index contributed by atoms with van der Waals surface area (Å²) in [6.07, 6.45) is 3.69. The molecule has 1 unspecified atom stereocenters. The van der Waals surface area contributed by atoms with Gasteiger partial charge in [-0.05, 0) is 61.9 Å². The number of ether oxygens (including phenoxy) is 1. The highest BCUT2D eigenvalue weighted by atomic mass is 16.6. The molecular formula is C30H27N3O5. The third-order valence-electron chi connectivity index (χ3n) is 7.77. The number of nitro benzene ring substituents is 1. The Labute approximate surface area is 219 Å². The summed E-state index contributed by atoms with van der Waals surface area (Å²) >= 11 is 0. The maximum absolute atomic E-state index is 13.0. The Morgan fingerprint density at radius 1 is 1.05 bits per heavy atom. The number of fused-ring (bicyclic) bond motifs is 5. The molecule has 0 bridgehead atoms. The van der Waals surface area contributed by atoms with E-state index in [1.807, 2.05) is 67.5 Å². The third kappa shape index (κ3) is 3.40. The lowest BCUT2D eigenvalue weighted by Gasteiger charge is -2.48. The van der Waals surface area contributed by atoms with Crippen molar-refractivity contribution in [3.8, 4) is 5.75 Å². The highest BCUT2D eigenvalue weighted by molar-refractivity contribution is 5.82. The average molecular weight is 510 g/mol. The molecule has 8 heteroatoms. The lowest BCUT2D eigenvalue weighted by atomic mass is 9.76. The van der Waals surface area contributed by atoms with Crippen molar-refractivity contribution in [2.75, 3.05) is 23.9 Å². The molecule has 1 aromatic heterocycles. The molecule has 3 aromatic carbocycles. The van der Waals surface area contributed by atoms with Gasteiger partial charge in [-0.25, -0.2) is 4.79 Å². The Bertz CT molecular complexity index is 1700. The molecule has 0 spiro atoms. The Hall–Kier alpha value is -4.59. The Balaban J connectivity index is 1.49. The van der Waals surface area contributed by atoms with Gasteiger partial charge >= 0.3 is 5.63 Å². The average Bonchev–Trinajstić information content (AvgIpc) is 3.08. The molecule has 1 atom stereocenters. The third-order valence-corrected chi connectivity index (χ3v) is 7.77. The molecule has 38 heavy (non-hydrogen) atoms. The second kappa shape index (κ2) is 8.21. The second-order valence-electron chi connectivity index (χ2n) is 10.5. The van der Waals surface area contributed by atoms with E-state index >= 15 is 0 Å². The molecule has 192 valence electrons. The van der Waals surface area contributed by atoms with Crippen LogP contribution in [0.1, 0.15) is 30.5 Å². The maximum Gasteiger partial charge on any atom is 0.343 e. The number of hydrogen-bond acceptors (Lipinski definition) is 7. The summed E-state index contributed by atoms with van der Waals surface area (Å²) in [5.74, 6) is 0.583. The van der Waals surface area contributed by atoms with Gasteiger partial charge in [0.2, 0.25) is 5.72 Å². The molecule has 2 aliphatic rings. The first kappa shape index (κ1) is 23.8. The molecule has 3 heterocycles. The van der Waals surface area contributed by atoms with Crippen LogP contribution >= 0.6 is 0 Å². The molecule has 0 radical (unpaired) electrons. The number of para-hydroxylation sites is 1. The fourth-order valence-electron chi connectivity index (χ4n) is 5.62. The van der Waals surface area contributed by atoms with Gasteiger partial charge in [0.1, 0.15) is 11.3 Å². The molecule has 2 aliphatic heterocycles. The quantitative estimate of drug-likeness (QED) is 0.193. The first-order valence-corrected chi connectivity index (χ1v) is 12.4. The predicted octanol–water partition coefficient (Wildman–Crippen LogP) is 5.87. The summed E-state index contributed by atoms with van der Waals surface area (Å²) in [5.41, 5.74) is 2.78. The first-order chi connectivity index (χ1) is 18.1. The summed E-state index contributed by atoms with van der Waals surface area (Å²) in [6.45, 7) is 4.64. The van der Waals surface area contributed by atoms with E-state index in [-0.39, 0.29) is 5.69 Å². The standard InChI is InChI=1S/C30H27N3O5/c1-29(2)24-7-5-6-8-25(24)32-18-21-16-23(33(35)36)11-12-26(21)38-30(29,32)14-13-20-15-19-9-10-22(31(3)4)17-27(19)37-28(20)34/h5-17H,18H2,1-4H3/b14-13+. The minimum Gasteiger partial charge on any atom is -0.463 e. The fraction of sp³-hybridized carbons (Fsp3) is 0.233. The van der Waals surface area contributed by atoms with Crippen LogP contribution in [-0.4, -0.2) is 24.7 Å². The van der Waals surface area contributed by atoms with E-state index in [2.05, 4.69) is 24.8 Å². The lowest BCUT2D eigenvalue weighted by Crippen LogP contribution is -2.60. The van der Waals surface area contributed by atoms with Crippen LogP contribution in [0.3, 0.4) is 0 Å². The summed E-state index contributed by atoms with van der Waals surface area (Å²) in [4.78, 5) is 28.1. The summed E-state index contributed by atoms with van der Waals surface area (Å²) in [5, 5.41) is 12.2. The van der Waals surface area contributed by atoms with Crippen LogP contribution in [-0.2, 0) is 12.0 Å². The summed E-state index contributed by atoms with van der Waals surface area (Å²) in [7, 11) is 3.87. The second-order valence-corrected chi connectivity index (χ2v) is 10.5. The Kier molecular flexibility index (Phi) is 5.14. The largest absolute Gasteiger partial charge is 0.463 e. The van der Waals surface area contributed by atoms with Crippen molar-refractivity contribution in [1.29, 1.82) is 0 Å². The molecule has 0 saturated carbocycles.